The zero-order valence-corrected chi connectivity index (χ0v) is 12.7. The zero-order chi connectivity index (χ0) is 15.1. The van der Waals surface area contributed by atoms with E-state index in [1.807, 2.05) is 0 Å². The Morgan fingerprint density at radius 2 is 1.86 bits per heavy atom. The molecule has 21 heavy (non-hydrogen) atoms. The van der Waals surface area contributed by atoms with Gasteiger partial charge in [-0.05, 0) is 37.2 Å². The predicted molar refractivity (Wildman–Crippen MR) is 81.3 cm³/mol. The molecule has 2 rings (SSSR count). The average Bonchev–Trinajstić information content (AvgIpc) is 2.53. The maximum Gasteiger partial charge on any atom is 0.240 e. The molecule has 1 saturated heterocycles. The van der Waals surface area contributed by atoms with E-state index in [-0.39, 0.29) is 4.90 Å². The number of hydrogen-bond donors (Lipinski definition) is 3. The first kappa shape index (κ1) is 16.2. The van der Waals surface area contributed by atoms with E-state index in [4.69, 9.17) is 10.6 Å². The summed E-state index contributed by atoms with van der Waals surface area (Å²) in [5.41, 5.74) is 3.13. The van der Waals surface area contributed by atoms with E-state index in [1.54, 1.807) is 12.1 Å². The lowest BCUT2D eigenvalue weighted by Crippen LogP contribution is -2.38. The summed E-state index contributed by atoms with van der Waals surface area (Å²) in [6.07, 6.45) is 0.779. The van der Waals surface area contributed by atoms with Crippen LogP contribution in [0, 0.1) is 0 Å². The van der Waals surface area contributed by atoms with Gasteiger partial charge in [-0.1, -0.05) is 0 Å². The number of nitrogens with one attached hydrogen (secondary N) is 2. The summed E-state index contributed by atoms with van der Waals surface area (Å²) in [6.45, 7) is 4.65. The van der Waals surface area contributed by atoms with E-state index in [0.717, 1.165) is 39.3 Å². The summed E-state index contributed by atoms with van der Waals surface area (Å²) >= 11 is 0. The van der Waals surface area contributed by atoms with Crippen LogP contribution in [0.3, 0.4) is 0 Å². The molecule has 0 unspecified atom stereocenters. The number of hydrazine groups is 1. The van der Waals surface area contributed by atoms with Crippen LogP contribution >= 0.6 is 0 Å². The van der Waals surface area contributed by atoms with E-state index in [0.29, 0.717) is 12.2 Å². The predicted octanol–water partition coefficient (Wildman–Crippen LogP) is -0.0272. The lowest BCUT2D eigenvalue weighted by atomic mass is 10.3. The second-order valence-corrected chi connectivity index (χ2v) is 6.64. The highest BCUT2D eigenvalue weighted by atomic mass is 32.2. The Morgan fingerprint density at radius 1 is 1.19 bits per heavy atom. The molecule has 0 atom stereocenters. The van der Waals surface area contributed by atoms with Crippen molar-refractivity contribution < 1.29 is 13.2 Å². The standard InChI is InChI=1S/C13H22N4O3S/c14-16-12-2-4-13(5-3-12)21(18,19)15-6-1-7-17-8-10-20-11-9-17/h2-5,15-16H,1,6-11,14H2. The summed E-state index contributed by atoms with van der Waals surface area (Å²) < 4.78 is 32.1. The lowest BCUT2D eigenvalue weighted by molar-refractivity contribution is 0.0376. The van der Waals surface area contributed by atoms with Crippen LogP contribution in [0.15, 0.2) is 29.2 Å². The Hall–Kier alpha value is -1.19. The van der Waals surface area contributed by atoms with Crippen molar-refractivity contribution in [3.63, 3.8) is 0 Å². The first-order chi connectivity index (χ1) is 10.1. The fraction of sp³-hybridized carbons (Fsp3) is 0.538. The Kier molecular flexibility index (Phi) is 5.95. The van der Waals surface area contributed by atoms with Gasteiger partial charge >= 0.3 is 0 Å². The number of morpholine rings is 1. The first-order valence-corrected chi connectivity index (χ1v) is 8.46. The van der Waals surface area contributed by atoms with Crippen molar-refractivity contribution in [1.29, 1.82) is 0 Å². The summed E-state index contributed by atoms with van der Waals surface area (Å²) in [6, 6.07) is 6.31. The van der Waals surface area contributed by atoms with Crippen molar-refractivity contribution in [3.8, 4) is 0 Å². The number of anilines is 1. The summed E-state index contributed by atoms with van der Waals surface area (Å²) in [4.78, 5) is 2.52. The van der Waals surface area contributed by atoms with E-state index in [2.05, 4.69) is 15.0 Å². The number of nitrogen functional groups attached to an aromatic ring is 1. The fourth-order valence-corrected chi connectivity index (χ4v) is 3.22. The fourth-order valence-electron chi connectivity index (χ4n) is 2.15. The van der Waals surface area contributed by atoms with Crippen LogP contribution in [-0.4, -0.2) is 52.7 Å². The van der Waals surface area contributed by atoms with Gasteiger partial charge in [0.15, 0.2) is 0 Å². The molecule has 1 aromatic rings. The molecule has 0 amide bonds. The lowest BCUT2D eigenvalue weighted by Gasteiger charge is -2.26. The minimum atomic E-state index is -3.45. The number of nitrogens with zero attached hydrogens (tertiary/aromatic N) is 1. The van der Waals surface area contributed by atoms with Gasteiger partial charge in [-0.2, -0.15) is 0 Å². The molecule has 118 valence electrons. The molecular formula is C13H22N4O3S. The Morgan fingerprint density at radius 3 is 2.48 bits per heavy atom. The highest BCUT2D eigenvalue weighted by Crippen LogP contribution is 2.12. The van der Waals surface area contributed by atoms with E-state index in [9.17, 15) is 8.42 Å². The van der Waals surface area contributed by atoms with Crippen LogP contribution in [0.5, 0.6) is 0 Å². The molecule has 1 fully saturated rings. The van der Waals surface area contributed by atoms with Crippen molar-refractivity contribution in [2.45, 2.75) is 11.3 Å². The third kappa shape index (κ3) is 4.94. The van der Waals surface area contributed by atoms with Crippen LogP contribution in [0.4, 0.5) is 5.69 Å². The van der Waals surface area contributed by atoms with Gasteiger partial charge in [-0.25, -0.2) is 13.1 Å². The molecule has 1 heterocycles. The van der Waals surface area contributed by atoms with E-state index in [1.165, 1.54) is 12.1 Å². The molecule has 0 saturated carbocycles. The molecule has 0 bridgehead atoms. The number of benzene rings is 1. The molecule has 8 heteroatoms. The van der Waals surface area contributed by atoms with Crippen molar-refractivity contribution in [1.82, 2.24) is 9.62 Å². The average molecular weight is 314 g/mol. The van der Waals surface area contributed by atoms with Crippen molar-refractivity contribution >= 4 is 15.7 Å². The Labute approximate surface area is 125 Å². The molecule has 1 aliphatic rings. The van der Waals surface area contributed by atoms with Gasteiger partial charge in [-0.3, -0.25) is 10.7 Å². The normalized spacial score (nSPS) is 16.8. The molecule has 0 aliphatic carbocycles. The van der Waals surface area contributed by atoms with Crippen LogP contribution < -0.4 is 16.0 Å². The van der Waals surface area contributed by atoms with Crippen LogP contribution in [0.2, 0.25) is 0 Å². The highest BCUT2D eigenvalue weighted by molar-refractivity contribution is 7.89. The van der Waals surface area contributed by atoms with Gasteiger partial charge in [0.1, 0.15) is 0 Å². The molecule has 1 aromatic carbocycles. The minimum Gasteiger partial charge on any atom is -0.379 e. The number of ether oxygens (including phenoxy) is 1. The molecule has 0 spiro atoms. The van der Waals surface area contributed by atoms with E-state index >= 15 is 0 Å². The van der Waals surface area contributed by atoms with Gasteiger partial charge in [-0.15, -0.1) is 0 Å². The van der Waals surface area contributed by atoms with Crippen LogP contribution in [-0.2, 0) is 14.8 Å². The molecule has 7 nitrogen and oxygen atoms in total. The summed E-state index contributed by atoms with van der Waals surface area (Å²) in [5, 5.41) is 0. The molecule has 0 radical (unpaired) electrons. The number of hydrogen-bond acceptors (Lipinski definition) is 6. The van der Waals surface area contributed by atoms with Gasteiger partial charge in [0, 0.05) is 25.3 Å². The second kappa shape index (κ2) is 7.71. The zero-order valence-electron chi connectivity index (χ0n) is 11.9. The first-order valence-electron chi connectivity index (χ1n) is 6.98. The van der Waals surface area contributed by atoms with Crippen molar-refractivity contribution in [3.05, 3.63) is 24.3 Å². The largest absolute Gasteiger partial charge is 0.379 e. The molecular weight excluding hydrogens is 292 g/mol. The monoisotopic (exact) mass is 314 g/mol. The molecule has 1 aliphatic heterocycles. The SMILES string of the molecule is NNc1ccc(S(=O)(=O)NCCCN2CCOCC2)cc1. The third-order valence-corrected chi connectivity index (χ3v) is 4.86. The maximum atomic E-state index is 12.1. The van der Waals surface area contributed by atoms with Gasteiger partial charge < -0.3 is 10.2 Å². The summed E-state index contributed by atoms with van der Waals surface area (Å²) in [5.74, 6) is 5.25. The minimum absolute atomic E-state index is 0.243. The smallest absolute Gasteiger partial charge is 0.240 e. The van der Waals surface area contributed by atoms with Crippen LogP contribution in [0.25, 0.3) is 0 Å². The third-order valence-electron chi connectivity index (χ3n) is 3.38. The molecule has 4 N–H and O–H groups in total. The highest BCUT2D eigenvalue weighted by Gasteiger charge is 2.14. The second-order valence-electron chi connectivity index (χ2n) is 4.87. The van der Waals surface area contributed by atoms with E-state index < -0.39 is 10.0 Å². The maximum absolute atomic E-state index is 12.1. The van der Waals surface area contributed by atoms with Crippen molar-refractivity contribution in [2.24, 2.45) is 5.84 Å². The quantitative estimate of drug-likeness (QED) is 0.372. The van der Waals surface area contributed by atoms with Gasteiger partial charge in [0.25, 0.3) is 0 Å². The van der Waals surface area contributed by atoms with Gasteiger partial charge in [0.05, 0.1) is 18.1 Å². The Balaban J connectivity index is 1.77. The number of nitrogens with two attached hydrogens (primary N) is 1. The van der Waals surface area contributed by atoms with Gasteiger partial charge in [0.2, 0.25) is 10.0 Å². The topological polar surface area (TPSA) is 96.7 Å². The van der Waals surface area contributed by atoms with Crippen molar-refractivity contribution in [2.75, 3.05) is 44.8 Å². The Bertz CT molecular complexity index is 527. The number of rotatable bonds is 7. The number of sulfonamides is 1. The molecule has 0 aromatic heterocycles. The van der Waals surface area contributed by atoms with Crippen LogP contribution in [0.1, 0.15) is 6.42 Å². The summed E-state index contributed by atoms with van der Waals surface area (Å²) in [7, 11) is -3.45.